The van der Waals surface area contributed by atoms with Crippen LogP contribution in [0.5, 0.6) is 5.75 Å². The van der Waals surface area contributed by atoms with Crippen molar-refractivity contribution in [2.75, 3.05) is 11.9 Å². The first-order valence-corrected chi connectivity index (χ1v) is 6.62. The SMILES string of the molecule is CCOc1cc(F)ccc1NC(=O)C(C)(C)C(C)(C)N. The summed E-state index contributed by atoms with van der Waals surface area (Å²) in [6, 6.07) is 4.01. The average Bonchev–Trinajstić information content (AvgIpc) is 2.31. The minimum Gasteiger partial charge on any atom is -0.492 e. The van der Waals surface area contributed by atoms with E-state index in [0.717, 1.165) is 0 Å². The molecule has 3 N–H and O–H groups in total. The highest BCUT2D eigenvalue weighted by atomic mass is 19.1. The van der Waals surface area contributed by atoms with E-state index in [9.17, 15) is 9.18 Å². The number of benzene rings is 1. The number of hydrogen-bond acceptors (Lipinski definition) is 3. The molecular formula is C15H23FN2O2. The lowest BCUT2D eigenvalue weighted by Crippen LogP contribution is -2.53. The van der Waals surface area contributed by atoms with Crippen molar-refractivity contribution in [1.82, 2.24) is 0 Å². The molecule has 0 saturated heterocycles. The van der Waals surface area contributed by atoms with Crippen LogP contribution in [-0.4, -0.2) is 18.1 Å². The number of nitrogens with one attached hydrogen (secondary N) is 1. The number of rotatable bonds is 5. The maximum Gasteiger partial charge on any atom is 0.231 e. The predicted molar refractivity (Wildman–Crippen MR) is 78.2 cm³/mol. The van der Waals surface area contributed by atoms with Gasteiger partial charge in [0.2, 0.25) is 5.91 Å². The monoisotopic (exact) mass is 282 g/mol. The van der Waals surface area contributed by atoms with E-state index in [1.54, 1.807) is 34.6 Å². The molecule has 0 aliphatic carbocycles. The van der Waals surface area contributed by atoms with Crippen LogP contribution in [0, 0.1) is 11.2 Å². The van der Waals surface area contributed by atoms with Gasteiger partial charge in [-0.2, -0.15) is 0 Å². The van der Waals surface area contributed by atoms with Crippen LogP contribution in [0.15, 0.2) is 18.2 Å². The molecule has 4 nitrogen and oxygen atoms in total. The lowest BCUT2D eigenvalue weighted by molar-refractivity contribution is -0.126. The topological polar surface area (TPSA) is 64.3 Å². The van der Waals surface area contributed by atoms with Crippen LogP contribution in [0.2, 0.25) is 0 Å². The normalized spacial score (nSPS) is 12.2. The summed E-state index contributed by atoms with van der Waals surface area (Å²) >= 11 is 0. The smallest absolute Gasteiger partial charge is 0.231 e. The molecule has 1 aromatic carbocycles. The van der Waals surface area contributed by atoms with E-state index < -0.39 is 16.8 Å². The Morgan fingerprint density at radius 2 is 1.95 bits per heavy atom. The van der Waals surface area contributed by atoms with Crippen molar-refractivity contribution in [3.8, 4) is 5.75 Å². The Balaban J connectivity index is 3.02. The zero-order valence-corrected chi connectivity index (χ0v) is 12.7. The van der Waals surface area contributed by atoms with Gasteiger partial charge in [0.1, 0.15) is 11.6 Å². The van der Waals surface area contributed by atoms with Gasteiger partial charge in [0.05, 0.1) is 17.7 Å². The van der Waals surface area contributed by atoms with Crippen LogP contribution in [-0.2, 0) is 4.79 Å². The molecule has 0 bridgehead atoms. The van der Waals surface area contributed by atoms with Gasteiger partial charge in [-0.15, -0.1) is 0 Å². The fraction of sp³-hybridized carbons (Fsp3) is 0.533. The number of nitrogens with two attached hydrogens (primary N) is 1. The molecule has 0 saturated carbocycles. The Hall–Kier alpha value is -1.62. The second-order valence-electron chi connectivity index (χ2n) is 5.87. The number of carbonyl (C=O) groups is 1. The molecule has 0 atom stereocenters. The van der Waals surface area contributed by atoms with Crippen LogP contribution in [0.3, 0.4) is 0 Å². The Morgan fingerprint density at radius 3 is 2.45 bits per heavy atom. The molecule has 1 amide bonds. The molecule has 0 aliphatic rings. The minimum atomic E-state index is -0.787. The molecule has 0 heterocycles. The number of halogens is 1. The Labute approximate surface area is 119 Å². The summed E-state index contributed by atoms with van der Waals surface area (Å²) < 4.78 is 18.5. The van der Waals surface area contributed by atoms with Gasteiger partial charge in [-0.1, -0.05) is 0 Å². The molecule has 0 radical (unpaired) electrons. The molecule has 0 spiro atoms. The van der Waals surface area contributed by atoms with Crippen molar-refractivity contribution >= 4 is 11.6 Å². The summed E-state index contributed by atoms with van der Waals surface area (Å²) in [7, 11) is 0. The lowest BCUT2D eigenvalue weighted by atomic mass is 9.74. The zero-order valence-electron chi connectivity index (χ0n) is 12.7. The summed E-state index contributed by atoms with van der Waals surface area (Å²) in [5.74, 6) is -0.339. The Morgan fingerprint density at radius 1 is 1.35 bits per heavy atom. The lowest BCUT2D eigenvalue weighted by Gasteiger charge is -2.37. The molecule has 1 rings (SSSR count). The molecule has 5 heteroatoms. The van der Waals surface area contributed by atoms with Gasteiger partial charge in [-0.05, 0) is 46.8 Å². The van der Waals surface area contributed by atoms with Crippen molar-refractivity contribution in [2.45, 2.75) is 40.2 Å². The molecule has 20 heavy (non-hydrogen) atoms. The quantitative estimate of drug-likeness (QED) is 0.872. The van der Waals surface area contributed by atoms with Crippen LogP contribution in [0.25, 0.3) is 0 Å². The fourth-order valence-electron chi connectivity index (χ4n) is 1.45. The van der Waals surface area contributed by atoms with Gasteiger partial charge in [0, 0.05) is 11.6 Å². The van der Waals surface area contributed by atoms with Gasteiger partial charge in [-0.25, -0.2) is 4.39 Å². The molecule has 0 aromatic heterocycles. The van der Waals surface area contributed by atoms with E-state index in [1.165, 1.54) is 18.2 Å². The van der Waals surface area contributed by atoms with Crippen LogP contribution in [0.4, 0.5) is 10.1 Å². The predicted octanol–water partition coefficient (Wildman–Crippen LogP) is 2.93. The number of ether oxygens (including phenoxy) is 1. The summed E-state index contributed by atoms with van der Waals surface area (Å²) in [6.07, 6.45) is 0. The Kier molecular flexibility index (Phi) is 4.76. The van der Waals surface area contributed by atoms with E-state index in [-0.39, 0.29) is 5.91 Å². The van der Waals surface area contributed by atoms with Crippen LogP contribution >= 0.6 is 0 Å². The molecular weight excluding hydrogens is 259 g/mol. The van der Waals surface area contributed by atoms with E-state index in [4.69, 9.17) is 10.5 Å². The number of hydrogen-bond donors (Lipinski definition) is 2. The molecule has 0 aliphatic heterocycles. The highest BCUT2D eigenvalue weighted by Crippen LogP contribution is 2.32. The van der Waals surface area contributed by atoms with Crippen molar-refractivity contribution in [2.24, 2.45) is 11.1 Å². The summed E-state index contributed by atoms with van der Waals surface area (Å²) in [4.78, 5) is 12.4. The van der Waals surface area contributed by atoms with Crippen molar-refractivity contribution in [1.29, 1.82) is 0 Å². The molecule has 1 aromatic rings. The van der Waals surface area contributed by atoms with E-state index in [0.29, 0.717) is 18.0 Å². The van der Waals surface area contributed by atoms with Crippen LogP contribution < -0.4 is 15.8 Å². The van der Waals surface area contributed by atoms with Gasteiger partial charge >= 0.3 is 0 Å². The first-order chi connectivity index (χ1) is 9.09. The minimum absolute atomic E-state index is 0.238. The van der Waals surface area contributed by atoms with Crippen molar-refractivity contribution < 1.29 is 13.9 Å². The van der Waals surface area contributed by atoms with E-state index in [1.807, 2.05) is 0 Å². The van der Waals surface area contributed by atoms with Crippen LogP contribution in [0.1, 0.15) is 34.6 Å². The highest BCUT2D eigenvalue weighted by Gasteiger charge is 2.40. The molecule has 0 unspecified atom stereocenters. The molecule has 112 valence electrons. The first-order valence-electron chi connectivity index (χ1n) is 6.62. The van der Waals surface area contributed by atoms with E-state index in [2.05, 4.69) is 5.32 Å². The maximum atomic E-state index is 13.2. The number of anilines is 1. The van der Waals surface area contributed by atoms with Gasteiger partial charge < -0.3 is 15.8 Å². The first kappa shape index (κ1) is 16.4. The maximum absolute atomic E-state index is 13.2. The number of carbonyl (C=O) groups excluding carboxylic acids is 1. The van der Waals surface area contributed by atoms with Crippen molar-refractivity contribution in [3.63, 3.8) is 0 Å². The second kappa shape index (κ2) is 5.79. The second-order valence-corrected chi connectivity index (χ2v) is 5.87. The number of amides is 1. The molecule has 0 fully saturated rings. The average molecular weight is 282 g/mol. The van der Waals surface area contributed by atoms with E-state index >= 15 is 0 Å². The Bertz CT molecular complexity index is 493. The fourth-order valence-corrected chi connectivity index (χ4v) is 1.45. The summed E-state index contributed by atoms with van der Waals surface area (Å²) in [5.41, 5.74) is 5.00. The summed E-state index contributed by atoms with van der Waals surface area (Å²) in [5, 5.41) is 2.76. The standard InChI is InChI=1S/C15H23FN2O2/c1-6-20-12-9-10(16)7-8-11(12)18-13(19)14(2,3)15(4,5)17/h7-9H,6,17H2,1-5H3,(H,18,19). The van der Waals surface area contributed by atoms with Gasteiger partial charge in [0.15, 0.2) is 0 Å². The third-order valence-electron chi connectivity index (χ3n) is 3.67. The third kappa shape index (κ3) is 3.48. The summed E-state index contributed by atoms with van der Waals surface area (Å²) in [6.45, 7) is 9.31. The largest absolute Gasteiger partial charge is 0.492 e. The highest BCUT2D eigenvalue weighted by molar-refractivity contribution is 5.96. The van der Waals surface area contributed by atoms with Gasteiger partial charge in [-0.3, -0.25) is 4.79 Å². The third-order valence-corrected chi connectivity index (χ3v) is 3.67. The van der Waals surface area contributed by atoms with Gasteiger partial charge in [0.25, 0.3) is 0 Å². The van der Waals surface area contributed by atoms with Crippen molar-refractivity contribution in [3.05, 3.63) is 24.0 Å². The zero-order chi connectivity index (χ0) is 15.6.